The normalized spacial score (nSPS) is 21.1. The van der Waals surface area contributed by atoms with Crippen LogP contribution in [0.3, 0.4) is 0 Å². The van der Waals surface area contributed by atoms with Crippen LogP contribution in [0, 0.1) is 13.8 Å². The highest BCUT2D eigenvalue weighted by Gasteiger charge is 2.59. The number of likely N-dealkylation sites (N-methyl/N-ethyl adjacent to an activating group) is 1. The molecule has 3 amide bonds. The molecule has 27 heavy (non-hydrogen) atoms. The van der Waals surface area contributed by atoms with Crippen molar-refractivity contribution >= 4 is 29.1 Å². The molecule has 0 saturated carbocycles. The molecule has 1 atom stereocenters. The highest BCUT2D eigenvalue weighted by atomic mass is 16.2. The van der Waals surface area contributed by atoms with Crippen LogP contribution in [0.15, 0.2) is 42.5 Å². The van der Waals surface area contributed by atoms with Gasteiger partial charge in [-0.2, -0.15) is 0 Å². The SMILES string of the molecule is Cc1ccc(C)c(NC(=O)[C@]23CCC(=O)N2c2ccccc2C(=O)N3C)c1. The first-order valence-corrected chi connectivity index (χ1v) is 8.95. The van der Waals surface area contributed by atoms with Gasteiger partial charge in [0.05, 0.1) is 11.3 Å². The maximum Gasteiger partial charge on any atom is 0.271 e. The molecule has 1 fully saturated rings. The van der Waals surface area contributed by atoms with Gasteiger partial charge in [0.25, 0.3) is 11.8 Å². The monoisotopic (exact) mass is 363 g/mol. The molecule has 2 aromatic carbocycles. The van der Waals surface area contributed by atoms with Gasteiger partial charge < -0.3 is 10.2 Å². The lowest BCUT2D eigenvalue weighted by atomic mass is 9.96. The smallest absolute Gasteiger partial charge is 0.271 e. The summed E-state index contributed by atoms with van der Waals surface area (Å²) in [5, 5.41) is 2.96. The van der Waals surface area contributed by atoms with Gasteiger partial charge in [-0.3, -0.25) is 19.3 Å². The number of nitrogens with zero attached hydrogens (tertiary/aromatic N) is 2. The minimum absolute atomic E-state index is 0.155. The van der Waals surface area contributed by atoms with Crippen LogP contribution < -0.4 is 10.2 Å². The Bertz CT molecular complexity index is 984. The number of hydrogen-bond donors (Lipinski definition) is 1. The molecule has 0 spiro atoms. The first-order chi connectivity index (χ1) is 12.9. The molecule has 138 valence electrons. The van der Waals surface area contributed by atoms with E-state index in [9.17, 15) is 14.4 Å². The van der Waals surface area contributed by atoms with Gasteiger partial charge in [-0.1, -0.05) is 24.3 Å². The molecule has 2 aromatic rings. The topological polar surface area (TPSA) is 69.7 Å². The summed E-state index contributed by atoms with van der Waals surface area (Å²) in [7, 11) is 1.59. The molecule has 1 N–H and O–H groups in total. The number of fused-ring (bicyclic) bond motifs is 3. The molecular weight excluding hydrogens is 342 g/mol. The number of para-hydroxylation sites is 1. The van der Waals surface area contributed by atoms with Crippen molar-refractivity contribution in [3.05, 3.63) is 59.2 Å². The van der Waals surface area contributed by atoms with E-state index in [1.54, 1.807) is 31.3 Å². The Balaban J connectivity index is 1.82. The Hall–Kier alpha value is -3.15. The second kappa shape index (κ2) is 5.94. The van der Waals surface area contributed by atoms with Gasteiger partial charge in [0.2, 0.25) is 11.6 Å². The number of carbonyl (C=O) groups is 3. The summed E-state index contributed by atoms with van der Waals surface area (Å²) in [4.78, 5) is 42.0. The zero-order valence-corrected chi connectivity index (χ0v) is 15.6. The summed E-state index contributed by atoms with van der Waals surface area (Å²) in [5.41, 5.74) is 2.22. The van der Waals surface area contributed by atoms with Crippen molar-refractivity contribution in [2.24, 2.45) is 0 Å². The van der Waals surface area contributed by atoms with Crippen LogP contribution in [0.1, 0.15) is 34.3 Å². The van der Waals surface area contributed by atoms with Gasteiger partial charge in [-0.05, 0) is 43.2 Å². The Morgan fingerprint density at radius 2 is 1.85 bits per heavy atom. The molecule has 2 aliphatic heterocycles. The van der Waals surface area contributed by atoms with Crippen molar-refractivity contribution < 1.29 is 14.4 Å². The lowest BCUT2D eigenvalue weighted by molar-refractivity contribution is -0.128. The lowest BCUT2D eigenvalue weighted by Crippen LogP contribution is -2.68. The van der Waals surface area contributed by atoms with E-state index in [0.717, 1.165) is 11.1 Å². The van der Waals surface area contributed by atoms with Crippen molar-refractivity contribution in [3.8, 4) is 0 Å². The largest absolute Gasteiger partial charge is 0.322 e. The first-order valence-electron chi connectivity index (χ1n) is 8.95. The first kappa shape index (κ1) is 17.3. The zero-order valence-electron chi connectivity index (χ0n) is 15.6. The molecule has 0 unspecified atom stereocenters. The van der Waals surface area contributed by atoms with E-state index >= 15 is 0 Å². The fourth-order valence-electron chi connectivity index (χ4n) is 4.02. The van der Waals surface area contributed by atoms with Crippen molar-refractivity contribution in [2.45, 2.75) is 32.4 Å². The number of hydrogen-bond acceptors (Lipinski definition) is 3. The van der Waals surface area contributed by atoms with E-state index in [2.05, 4.69) is 5.32 Å². The van der Waals surface area contributed by atoms with Crippen LogP contribution in [-0.2, 0) is 9.59 Å². The number of amides is 3. The highest BCUT2D eigenvalue weighted by molar-refractivity contribution is 6.18. The summed E-state index contributed by atoms with van der Waals surface area (Å²) < 4.78 is 0. The standard InChI is InChI=1S/C21H21N3O3/c1-13-8-9-14(2)16(12-13)22-20(27)21-11-10-18(25)24(21)17-7-5-4-6-15(17)19(26)23(21)3/h4-9,12H,10-11H2,1-3H3,(H,22,27)/t21-/m0/s1. The Kier molecular flexibility index (Phi) is 3.80. The van der Waals surface area contributed by atoms with Crippen LogP contribution in [0.5, 0.6) is 0 Å². The Morgan fingerprint density at radius 3 is 2.63 bits per heavy atom. The summed E-state index contributed by atoms with van der Waals surface area (Å²) >= 11 is 0. The third-order valence-electron chi connectivity index (χ3n) is 5.55. The van der Waals surface area contributed by atoms with Crippen molar-refractivity contribution in [3.63, 3.8) is 0 Å². The van der Waals surface area contributed by atoms with Gasteiger partial charge in [0.1, 0.15) is 0 Å². The van der Waals surface area contributed by atoms with Crippen LogP contribution in [0.25, 0.3) is 0 Å². The third-order valence-corrected chi connectivity index (χ3v) is 5.55. The summed E-state index contributed by atoms with van der Waals surface area (Å²) in [6.07, 6.45) is 0.477. The molecule has 4 rings (SSSR count). The van der Waals surface area contributed by atoms with E-state index in [0.29, 0.717) is 16.9 Å². The van der Waals surface area contributed by atoms with Crippen molar-refractivity contribution in [1.29, 1.82) is 0 Å². The summed E-state index contributed by atoms with van der Waals surface area (Å²) in [6, 6.07) is 12.7. The molecule has 6 nitrogen and oxygen atoms in total. The predicted molar refractivity (Wildman–Crippen MR) is 103 cm³/mol. The van der Waals surface area contributed by atoms with Crippen LogP contribution >= 0.6 is 0 Å². The number of anilines is 2. The van der Waals surface area contributed by atoms with E-state index in [1.165, 1.54) is 9.80 Å². The van der Waals surface area contributed by atoms with E-state index in [-0.39, 0.29) is 30.6 Å². The van der Waals surface area contributed by atoms with Crippen molar-refractivity contribution in [2.75, 3.05) is 17.3 Å². The maximum absolute atomic E-state index is 13.4. The minimum atomic E-state index is -1.35. The predicted octanol–water partition coefficient (Wildman–Crippen LogP) is 2.85. The molecule has 0 bridgehead atoms. The number of benzene rings is 2. The molecule has 2 aliphatic rings. The third kappa shape index (κ3) is 2.36. The zero-order chi connectivity index (χ0) is 19.3. The van der Waals surface area contributed by atoms with Crippen LogP contribution in [-0.4, -0.2) is 35.3 Å². The quantitative estimate of drug-likeness (QED) is 0.892. The molecule has 6 heteroatoms. The van der Waals surface area contributed by atoms with E-state index in [4.69, 9.17) is 0 Å². The fourth-order valence-corrected chi connectivity index (χ4v) is 4.02. The van der Waals surface area contributed by atoms with E-state index < -0.39 is 5.66 Å². The molecule has 0 aromatic heterocycles. The molecule has 0 radical (unpaired) electrons. The maximum atomic E-state index is 13.4. The number of nitrogens with one attached hydrogen (secondary N) is 1. The van der Waals surface area contributed by atoms with Crippen LogP contribution in [0.4, 0.5) is 11.4 Å². The average Bonchev–Trinajstić information content (AvgIpc) is 3.01. The molecule has 2 heterocycles. The van der Waals surface area contributed by atoms with Gasteiger partial charge in [-0.15, -0.1) is 0 Å². The number of aryl methyl sites for hydroxylation is 2. The molecule has 1 saturated heterocycles. The van der Waals surface area contributed by atoms with Crippen LogP contribution in [0.2, 0.25) is 0 Å². The molecule has 0 aliphatic carbocycles. The van der Waals surface area contributed by atoms with Gasteiger partial charge >= 0.3 is 0 Å². The highest BCUT2D eigenvalue weighted by Crippen LogP contribution is 2.44. The second-order valence-electron chi connectivity index (χ2n) is 7.20. The van der Waals surface area contributed by atoms with E-state index in [1.807, 2.05) is 32.0 Å². The van der Waals surface area contributed by atoms with Crippen molar-refractivity contribution in [1.82, 2.24) is 4.90 Å². The Morgan fingerprint density at radius 1 is 1.11 bits per heavy atom. The molecular formula is C21H21N3O3. The number of rotatable bonds is 2. The Labute approximate surface area is 157 Å². The average molecular weight is 363 g/mol. The lowest BCUT2D eigenvalue weighted by Gasteiger charge is -2.47. The summed E-state index contributed by atoms with van der Waals surface area (Å²) in [5.74, 6) is -0.780. The summed E-state index contributed by atoms with van der Waals surface area (Å²) in [6.45, 7) is 3.86. The van der Waals surface area contributed by atoms with Gasteiger partial charge in [-0.25, -0.2) is 0 Å². The van der Waals surface area contributed by atoms with Gasteiger partial charge in [0, 0.05) is 25.6 Å². The van der Waals surface area contributed by atoms with Gasteiger partial charge in [0.15, 0.2) is 0 Å². The fraction of sp³-hybridized carbons (Fsp3) is 0.286. The minimum Gasteiger partial charge on any atom is -0.322 e. The number of carbonyl (C=O) groups excluding carboxylic acids is 3. The second-order valence-corrected chi connectivity index (χ2v) is 7.20.